The van der Waals surface area contributed by atoms with E-state index in [0.717, 1.165) is 25.7 Å². The van der Waals surface area contributed by atoms with Crippen LogP contribution >= 0.6 is 0 Å². The number of halogens is 3. The highest BCUT2D eigenvalue weighted by Crippen LogP contribution is 2.33. The monoisotopic (exact) mass is 476 g/mol. The minimum absolute atomic E-state index is 0.0628. The molecule has 184 valence electrons. The number of rotatable bonds is 11. The molecule has 3 rings (SSSR count). The van der Waals surface area contributed by atoms with Gasteiger partial charge in [-0.1, -0.05) is 12.8 Å². The Labute approximate surface area is 187 Å². The second kappa shape index (κ2) is 10.5. The molecule has 0 aromatic carbocycles. The minimum atomic E-state index is -5.04. The normalized spacial score (nSPS) is 22.2. The number of carbonyl (C=O) groups is 5. The summed E-state index contributed by atoms with van der Waals surface area (Å²) in [5.74, 6) is -4.61. The number of nitrogens with one attached hydrogen (secondary N) is 4. The number of carbonyl (C=O) groups excluding carboxylic acids is 5. The van der Waals surface area contributed by atoms with E-state index in [9.17, 15) is 37.1 Å². The van der Waals surface area contributed by atoms with Gasteiger partial charge in [-0.05, 0) is 38.0 Å². The van der Waals surface area contributed by atoms with E-state index in [4.69, 9.17) is 0 Å². The zero-order valence-electron chi connectivity index (χ0n) is 17.8. The van der Waals surface area contributed by atoms with Crippen molar-refractivity contribution in [3.05, 3.63) is 0 Å². The first-order valence-electron chi connectivity index (χ1n) is 10.9. The van der Waals surface area contributed by atoms with E-state index in [0.29, 0.717) is 13.0 Å². The lowest BCUT2D eigenvalue weighted by molar-refractivity contribution is -0.321. The van der Waals surface area contributed by atoms with Gasteiger partial charge >= 0.3 is 18.2 Å². The van der Waals surface area contributed by atoms with Crippen molar-refractivity contribution < 1.29 is 41.9 Å². The van der Waals surface area contributed by atoms with E-state index in [1.807, 2.05) is 0 Å². The molecule has 1 aliphatic heterocycles. The summed E-state index contributed by atoms with van der Waals surface area (Å²) in [4.78, 5) is 61.4. The first-order valence-corrected chi connectivity index (χ1v) is 10.9. The molecule has 0 bridgehead atoms. The summed E-state index contributed by atoms with van der Waals surface area (Å²) >= 11 is 0. The molecule has 33 heavy (non-hydrogen) atoms. The third-order valence-electron chi connectivity index (χ3n) is 5.77. The predicted octanol–water partition coefficient (Wildman–Crippen LogP) is -0.334. The Morgan fingerprint density at radius 2 is 1.67 bits per heavy atom. The van der Waals surface area contributed by atoms with Crippen LogP contribution in [0.2, 0.25) is 0 Å². The fourth-order valence-electron chi connectivity index (χ4n) is 3.57. The Kier molecular flexibility index (Phi) is 7.92. The molecule has 4 amide bonds. The Hall–Kier alpha value is -2.70. The van der Waals surface area contributed by atoms with E-state index in [1.165, 1.54) is 0 Å². The van der Waals surface area contributed by atoms with Gasteiger partial charge in [0.05, 0.1) is 6.04 Å². The number of Topliss-reactive ketones (excluding diaryl/α,β-unsaturated/α-hetero) is 1. The van der Waals surface area contributed by atoms with Crippen molar-refractivity contribution in [2.24, 2.45) is 11.8 Å². The maximum absolute atomic E-state index is 12.9. The second-order valence-electron chi connectivity index (χ2n) is 8.73. The molecule has 10 nitrogen and oxygen atoms in total. The van der Waals surface area contributed by atoms with Crippen LogP contribution in [0.5, 0.6) is 0 Å². The van der Waals surface area contributed by atoms with Crippen LogP contribution in [-0.2, 0) is 28.7 Å². The molecule has 0 unspecified atom stereocenters. The third-order valence-corrected chi connectivity index (χ3v) is 5.77. The predicted molar refractivity (Wildman–Crippen MR) is 105 cm³/mol. The molecular formula is C20H27F3N4O6. The van der Waals surface area contributed by atoms with Crippen LogP contribution in [0.4, 0.5) is 13.2 Å². The average Bonchev–Trinajstić information content (AvgIpc) is 3.66. The molecule has 13 heteroatoms. The van der Waals surface area contributed by atoms with Gasteiger partial charge < -0.3 is 21.3 Å². The van der Waals surface area contributed by atoms with Gasteiger partial charge in [0, 0.05) is 18.5 Å². The lowest BCUT2D eigenvalue weighted by Crippen LogP contribution is -2.55. The first kappa shape index (κ1) is 24.9. The molecule has 0 aromatic heterocycles. The van der Waals surface area contributed by atoms with Crippen LogP contribution < -0.4 is 21.3 Å². The number of hydrogen-bond donors (Lipinski definition) is 4. The van der Waals surface area contributed by atoms with Gasteiger partial charge in [0.25, 0.3) is 0 Å². The average molecular weight is 476 g/mol. The smallest absolute Gasteiger partial charge is 0.356 e. The summed E-state index contributed by atoms with van der Waals surface area (Å²) in [6, 6.07) is -2.63. The van der Waals surface area contributed by atoms with E-state index >= 15 is 0 Å². The van der Waals surface area contributed by atoms with Gasteiger partial charge in [0.15, 0.2) is 5.78 Å². The fraction of sp³-hybridized carbons (Fsp3) is 0.750. The Morgan fingerprint density at radius 1 is 0.970 bits per heavy atom. The summed E-state index contributed by atoms with van der Waals surface area (Å²) < 4.78 is 40.8. The molecule has 3 fully saturated rings. The van der Waals surface area contributed by atoms with Crippen LogP contribution in [0.15, 0.2) is 0 Å². The topological polar surface area (TPSA) is 143 Å². The Bertz CT molecular complexity index is 797. The first-order chi connectivity index (χ1) is 15.5. The zero-order chi connectivity index (χ0) is 24.2. The highest BCUT2D eigenvalue weighted by molar-refractivity contribution is 6.35. The van der Waals surface area contributed by atoms with Crippen molar-refractivity contribution in [3.63, 3.8) is 0 Å². The standard InChI is InChI=1S/C20H27F3N4O6/c21-20(22,23)33-9-15(28)13(8-11-5-6-24-16(11)29)26-17(30)14(7-10-1-2-10)27-19(32)18(31)25-12-3-4-12/h10-14H,1-9H2,(H,24,29)(H,25,31)(H,26,30)(H,27,32)/t11-,13-,14-/m0/s1. The summed E-state index contributed by atoms with van der Waals surface area (Å²) in [5.41, 5.74) is 0. The minimum Gasteiger partial charge on any atom is -0.356 e. The maximum atomic E-state index is 12.9. The number of amides is 4. The highest BCUT2D eigenvalue weighted by Gasteiger charge is 2.38. The molecule has 3 aliphatic rings. The van der Waals surface area contributed by atoms with Crippen molar-refractivity contribution in [1.29, 1.82) is 0 Å². The summed E-state index contributed by atoms with van der Waals surface area (Å²) in [6.45, 7) is -0.972. The molecule has 2 saturated carbocycles. The van der Waals surface area contributed by atoms with Crippen LogP contribution in [0, 0.1) is 11.8 Å². The number of hydrogen-bond acceptors (Lipinski definition) is 6. The largest absolute Gasteiger partial charge is 0.522 e. The molecule has 4 N–H and O–H groups in total. The van der Waals surface area contributed by atoms with Crippen molar-refractivity contribution in [1.82, 2.24) is 21.3 Å². The van der Waals surface area contributed by atoms with Crippen molar-refractivity contribution in [2.45, 2.75) is 69.4 Å². The molecule has 0 spiro atoms. The molecule has 1 heterocycles. The Morgan fingerprint density at radius 3 is 2.21 bits per heavy atom. The summed E-state index contributed by atoms with van der Waals surface area (Å²) in [5, 5.41) is 9.80. The maximum Gasteiger partial charge on any atom is 0.522 e. The molecular weight excluding hydrogens is 449 g/mol. The summed E-state index contributed by atoms with van der Waals surface area (Å²) in [7, 11) is 0. The van der Waals surface area contributed by atoms with E-state index in [-0.39, 0.29) is 30.7 Å². The second-order valence-corrected chi connectivity index (χ2v) is 8.73. The lowest BCUT2D eigenvalue weighted by atomic mass is 9.95. The molecule has 2 aliphatic carbocycles. The van der Waals surface area contributed by atoms with Gasteiger partial charge in [-0.2, -0.15) is 0 Å². The van der Waals surface area contributed by atoms with Crippen LogP contribution in [0.1, 0.15) is 44.9 Å². The van der Waals surface area contributed by atoms with E-state index in [2.05, 4.69) is 26.0 Å². The highest BCUT2D eigenvalue weighted by atomic mass is 19.4. The van der Waals surface area contributed by atoms with Gasteiger partial charge in [0.2, 0.25) is 11.8 Å². The zero-order valence-corrected chi connectivity index (χ0v) is 17.8. The van der Waals surface area contributed by atoms with Crippen LogP contribution in [0.25, 0.3) is 0 Å². The molecule has 0 radical (unpaired) electrons. The van der Waals surface area contributed by atoms with E-state index < -0.39 is 54.5 Å². The number of ether oxygens (including phenoxy) is 1. The van der Waals surface area contributed by atoms with Gasteiger partial charge in [-0.15, -0.1) is 13.2 Å². The summed E-state index contributed by atoms with van der Waals surface area (Å²) in [6.07, 6.45) is -1.46. The Balaban J connectivity index is 1.64. The lowest BCUT2D eigenvalue weighted by Gasteiger charge is -2.24. The van der Waals surface area contributed by atoms with Crippen molar-refractivity contribution in [2.75, 3.05) is 13.2 Å². The quantitative estimate of drug-likeness (QED) is 0.301. The van der Waals surface area contributed by atoms with Gasteiger partial charge in [0.1, 0.15) is 12.6 Å². The molecule has 1 saturated heterocycles. The van der Waals surface area contributed by atoms with Crippen LogP contribution in [0.3, 0.4) is 0 Å². The van der Waals surface area contributed by atoms with Crippen molar-refractivity contribution >= 4 is 29.4 Å². The fourth-order valence-corrected chi connectivity index (χ4v) is 3.57. The third kappa shape index (κ3) is 8.30. The number of ketones is 1. The van der Waals surface area contributed by atoms with Crippen LogP contribution in [-0.4, -0.2) is 67.1 Å². The molecule has 0 aromatic rings. The number of alkyl halides is 3. The van der Waals surface area contributed by atoms with E-state index in [1.54, 1.807) is 0 Å². The van der Waals surface area contributed by atoms with Crippen molar-refractivity contribution in [3.8, 4) is 0 Å². The van der Waals surface area contributed by atoms with Gasteiger partial charge in [-0.3, -0.25) is 28.7 Å². The molecule has 3 atom stereocenters. The van der Waals surface area contributed by atoms with Gasteiger partial charge in [-0.25, -0.2) is 0 Å². The SMILES string of the molecule is O=C(NC1CC1)C(=O)N[C@@H](CC1CC1)C(=O)N[C@@H](C[C@@H]1CCNC1=O)C(=O)COC(F)(F)F.